The lowest BCUT2D eigenvalue weighted by molar-refractivity contribution is 0.124. The lowest BCUT2D eigenvalue weighted by atomic mass is 10.2. The van der Waals surface area contributed by atoms with Crippen molar-refractivity contribution in [2.24, 2.45) is 0 Å². The quantitative estimate of drug-likeness (QED) is 0.470. The van der Waals surface area contributed by atoms with Crippen molar-refractivity contribution >= 4 is 28.5 Å². The van der Waals surface area contributed by atoms with Crippen LogP contribution in [0.4, 0.5) is 0 Å². The second-order valence-electron chi connectivity index (χ2n) is 8.69. The molecule has 160 valence electrons. The molecular formula is C18H31NO6S2Si. The summed E-state index contributed by atoms with van der Waals surface area (Å²) in [6.45, 7) is 10.7. The Morgan fingerprint density at radius 2 is 1.68 bits per heavy atom. The van der Waals surface area contributed by atoms with Crippen LogP contribution in [0.1, 0.15) is 27.2 Å². The molecule has 1 saturated heterocycles. The first-order valence-electron chi connectivity index (χ1n) is 9.24. The normalized spacial score (nSPS) is 22.5. The van der Waals surface area contributed by atoms with E-state index in [0.29, 0.717) is 6.42 Å². The molecule has 0 amide bonds. The molecule has 1 aromatic carbocycles. The van der Waals surface area contributed by atoms with Crippen LogP contribution in [0, 0.1) is 0 Å². The second kappa shape index (κ2) is 8.15. The lowest BCUT2D eigenvalue weighted by Gasteiger charge is -2.38. The van der Waals surface area contributed by atoms with Crippen LogP contribution in [0.3, 0.4) is 0 Å². The Hall–Kier alpha value is -0.783. The van der Waals surface area contributed by atoms with Gasteiger partial charge >= 0.3 is 0 Å². The zero-order valence-electron chi connectivity index (χ0n) is 17.4. The van der Waals surface area contributed by atoms with Crippen molar-refractivity contribution in [2.45, 2.75) is 62.4 Å². The van der Waals surface area contributed by atoms with Gasteiger partial charge in [0.2, 0.25) is 10.0 Å². The van der Waals surface area contributed by atoms with Gasteiger partial charge in [0.25, 0.3) is 10.1 Å². The average molecular weight is 450 g/mol. The van der Waals surface area contributed by atoms with Gasteiger partial charge in [-0.25, -0.2) is 8.42 Å². The monoisotopic (exact) mass is 449 g/mol. The molecule has 7 nitrogen and oxygen atoms in total. The van der Waals surface area contributed by atoms with Gasteiger partial charge in [-0.3, -0.25) is 4.18 Å². The number of hydrogen-bond donors (Lipinski definition) is 0. The summed E-state index contributed by atoms with van der Waals surface area (Å²) in [4.78, 5) is 0.173. The van der Waals surface area contributed by atoms with Crippen LogP contribution in [0.15, 0.2) is 35.2 Å². The Morgan fingerprint density at radius 1 is 1.11 bits per heavy atom. The van der Waals surface area contributed by atoms with E-state index in [1.807, 2.05) is 0 Å². The average Bonchev–Trinajstić information content (AvgIpc) is 2.94. The summed E-state index contributed by atoms with van der Waals surface area (Å²) in [5, 5.41) is -0.0536. The van der Waals surface area contributed by atoms with Crippen LogP contribution in [0.25, 0.3) is 0 Å². The minimum absolute atomic E-state index is 0.0536. The summed E-state index contributed by atoms with van der Waals surface area (Å²) >= 11 is 0. The zero-order valence-corrected chi connectivity index (χ0v) is 20.0. The number of rotatable bonds is 7. The molecule has 2 atom stereocenters. The van der Waals surface area contributed by atoms with Crippen LogP contribution in [-0.4, -0.2) is 61.0 Å². The van der Waals surface area contributed by atoms with Crippen LogP contribution in [0.2, 0.25) is 18.1 Å². The van der Waals surface area contributed by atoms with E-state index in [1.165, 1.54) is 16.4 Å². The highest BCUT2D eigenvalue weighted by Gasteiger charge is 2.46. The topological polar surface area (TPSA) is 90.0 Å². The molecule has 1 aromatic rings. The van der Waals surface area contributed by atoms with Gasteiger partial charge in [-0.05, 0) is 36.7 Å². The minimum atomic E-state index is -3.79. The van der Waals surface area contributed by atoms with E-state index in [2.05, 4.69) is 33.9 Å². The van der Waals surface area contributed by atoms with Crippen LogP contribution in [0.5, 0.6) is 0 Å². The highest BCUT2D eigenvalue weighted by molar-refractivity contribution is 7.89. The van der Waals surface area contributed by atoms with Crippen LogP contribution >= 0.6 is 0 Å². The third kappa shape index (κ3) is 5.42. The number of hydrogen-bond acceptors (Lipinski definition) is 6. The van der Waals surface area contributed by atoms with Crippen LogP contribution in [-0.2, 0) is 28.8 Å². The molecule has 0 bridgehead atoms. The summed E-state index contributed by atoms with van der Waals surface area (Å²) in [6, 6.07) is 7.44. The number of nitrogens with zero attached hydrogens (tertiary/aromatic N) is 1. The van der Waals surface area contributed by atoms with Gasteiger partial charge in [-0.15, -0.1) is 0 Å². The summed E-state index contributed by atoms with van der Waals surface area (Å²) in [7, 11) is -9.66. The van der Waals surface area contributed by atoms with E-state index < -0.39 is 40.6 Å². The number of benzene rings is 1. The standard InChI is InChI=1S/C18H31NO6S2Si/c1-18(2,3)28(5,6)24-14-16-17(25-26(4,20)21)12-13-19(16)27(22,23)15-10-8-7-9-11-15/h7-11,16-17H,12-14H2,1-6H3. The first kappa shape index (κ1) is 23.5. The maximum absolute atomic E-state index is 13.2. The molecule has 0 aromatic heterocycles. The van der Waals surface area contributed by atoms with Gasteiger partial charge in [0.1, 0.15) is 0 Å². The maximum Gasteiger partial charge on any atom is 0.264 e. The maximum atomic E-state index is 13.2. The van der Waals surface area contributed by atoms with Crippen LogP contribution < -0.4 is 0 Å². The fourth-order valence-corrected chi connectivity index (χ4v) is 6.23. The third-order valence-electron chi connectivity index (χ3n) is 5.50. The molecule has 1 heterocycles. The molecule has 0 spiro atoms. The Labute approximate surface area is 170 Å². The van der Waals surface area contributed by atoms with E-state index in [1.54, 1.807) is 18.2 Å². The van der Waals surface area contributed by atoms with Gasteiger partial charge < -0.3 is 4.43 Å². The van der Waals surface area contributed by atoms with E-state index in [4.69, 9.17) is 8.61 Å². The van der Waals surface area contributed by atoms with E-state index >= 15 is 0 Å². The summed E-state index contributed by atoms with van der Waals surface area (Å²) in [5.41, 5.74) is 0. The van der Waals surface area contributed by atoms with E-state index in [0.717, 1.165) is 6.26 Å². The molecule has 0 N–H and O–H groups in total. The second-order valence-corrected chi connectivity index (χ2v) is 17.0. The van der Waals surface area contributed by atoms with E-state index in [-0.39, 0.29) is 23.1 Å². The molecule has 1 fully saturated rings. The largest absolute Gasteiger partial charge is 0.415 e. The van der Waals surface area contributed by atoms with Gasteiger partial charge in [0, 0.05) is 6.54 Å². The Balaban J connectivity index is 2.34. The van der Waals surface area contributed by atoms with Crippen molar-refractivity contribution in [1.29, 1.82) is 0 Å². The Kier molecular flexibility index (Phi) is 6.84. The molecule has 1 aliphatic rings. The molecule has 0 radical (unpaired) electrons. The third-order valence-corrected chi connectivity index (χ3v) is 12.5. The minimum Gasteiger partial charge on any atom is -0.415 e. The highest BCUT2D eigenvalue weighted by Crippen LogP contribution is 2.38. The van der Waals surface area contributed by atoms with Crippen molar-refractivity contribution in [1.82, 2.24) is 4.31 Å². The zero-order chi connectivity index (χ0) is 21.4. The first-order valence-corrected chi connectivity index (χ1v) is 15.4. The first-order chi connectivity index (χ1) is 12.7. The molecule has 1 aliphatic heterocycles. The summed E-state index contributed by atoms with van der Waals surface area (Å²) in [6.07, 6.45) is 0.510. The Morgan fingerprint density at radius 3 is 2.18 bits per heavy atom. The molecule has 2 rings (SSSR count). The summed E-state index contributed by atoms with van der Waals surface area (Å²) in [5.74, 6) is 0. The smallest absolute Gasteiger partial charge is 0.264 e. The molecule has 28 heavy (non-hydrogen) atoms. The van der Waals surface area contributed by atoms with Crippen molar-refractivity contribution in [2.75, 3.05) is 19.4 Å². The van der Waals surface area contributed by atoms with Crippen molar-refractivity contribution in [3.63, 3.8) is 0 Å². The fraction of sp³-hybridized carbons (Fsp3) is 0.667. The van der Waals surface area contributed by atoms with Crippen molar-refractivity contribution in [3.05, 3.63) is 30.3 Å². The van der Waals surface area contributed by atoms with E-state index in [9.17, 15) is 16.8 Å². The summed E-state index contributed by atoms with van der Waals surface area (Å²) < 4.78 is 62.5. The molecular weight excluding hydrogens is 418 g/mol. The van der Waals surface area contributed by atoms with Gasteiger partial charge in [-0.1, -0.05) is 39.0 Å². The van der Waals surface area contributed by atoms with Gasteiger partial charge in [-0.2, -0.15) is 12.7 Å². The number of sulfonamides is 1. The van der Waals surface area contributed by atoms with Gasteiger partial charge in [0.05, 0.1) is 29.9 Å². The molecule has 2 unspecified atom stereocenters. The van der Waals surface area contributed by atoms with Crippen molar-refractivity contribution < 1.29 is 25.4 Å². The lowest BCUT2D eigenvalue weighted by Crippen LogP contribution is -2.49. The predicted molar refractivity (Wildman–Crippen MR) is 112 cm³/mol. The predicted octanol–water partition coefficient (Wildman–Crippen LogP) is 2.82. The molecule has 0 aliphatic carbocycles. The van der Waals surface area contributed by atoms with Gasteiger partial charge in [0.15, 0.2) is 8.32 Å². The SMILES string of the molecule is CC(C)(C)[Si](C)(C)OCC1C(OS(C)(=O)=O)CCN1S(=O)(=O)c1ccccc1. The molecule has 0 saturated carbocycles. The highest BCUT2D eigenvalue weighted by atomic mass is 32.2. The Bertz CT molecular complexity index is 878. The fourth-order valence-electron chi connectivity index (χ4n) is 2.86. The van der Waals surface area contributed by atoms with Crippen molar-refractivity contribution in [3.8, 4) is 0 Å². The molecule has 10 heteroatoms.